The van der Waals surface area contributed by atoms with E-state index in [4.69, 9.17) is 0 Å². The highest BCUT2D eigenvalue weighted by Crippen LogP contribution is 2.28. The Morgan fingerprint density at radius 2 is 1.58 bits per heavy atom. The molecule has 0 radical (unpaired) electrons. The smallest absolute Gasteiger partial charge is 0.326 e. The van der Waals surface area contributed by atoms with Crippen molar-refractivity contribution in [3.05, 3.63) is 59.1 Å². The topological polar surface area (TPSA) is 40.5 Å². The summed E-state index contributed by atoms with van der Waals surface area (Å²) >= 11 is 3.38. The fraction of sp³-hybridized carbons (Fsp3) is 0.133. The highest BCUT2D eigenvalue weighted by molar-refractivity contribution is 9.10. The molecule has 0 heterocycles. The number of carboxylic acids is 1. The predicted molar refractivity (Wildman–Crippen MR) is 79.8 cm³/mol. The zero-order chi connectivity index (χ0) is 13.8. The first-order valence-electron chi connectivity index (χ1n) is 5.92. The number of para-hydroxylation sites is 1. The van der Waals surface area contributed by atoms with Gasteiger partial charge < -0.3 is 10.0 Å². The third-order valence-corrected chi connectivity index (χ3v) is 3.41. The molecule has 3 nitrogen and oxygen atoms in total. The highest BCUT2D eigenvalue weighted by atomic mass is 79.9. The fourth-order valence-corrected chi connectivity index (χ4v) is 2.16. The molecule has 2 aromatic rings. The summed E-state index contributed by atoms with van der Waals surface area (Å²) in [6.07, 6.45) is 0. The Morgan fingerprint density at radius 3 is 2.11 bits per heavy atom. The van der Waals surface area contributed by atoms with Gasteiger partial charge in [0.15, 0.2) is 0 Å². The number of carboxylic acid groups (broad SMARTS) is 1. The van der Waals surface area contributed by atoms with Crippen molar-refractivity contribution in [2.75, 3.05) is 4.90 Å². The number of hydrogen-bond donors (Lipinski definition) is 1. The number of aliphatic carboxylic acids is 1. The summed E-state index contributed by atoms with van der Waals surface area (Å²) in [5.41, 5.74) is 1.71. The lowest BCUT2D eigenvalue weighted by molar-refractivity contribution is -0.137. The molecule has 19 heavy (non-hydrogen) atoms. The largest absolute Gasteiger partial charge is 0.480 e. The van der Waals surface area contributed by atoms with Crippen LogP contribution in [0.4, 0.5) is 11.4 Å². The maximum absolute atomic E-state index is 11.3. The Bertz CT molecular complexity index is 554. The molecule has 98 valence electrons. The molecule has 0 amide bonds. The quantitative estimate of drug-likeness (QED) is 0.923. The maximum Gasteiger partial charge on any atom is 0.326 e. The molecule has 1 atom stereocenters. The summed E-state index contributed by atoms with van der Waals surface area (Å²) in [5.74, 6) is -0.855. The molecule has 1 N–H and O–H groups in total. The lowest BCUT2D eigenvalue weighted by Crippen LogP contribution is -2.35. The van der Waals surface area contributed by atoms with Crippen LogP contribution in [0.1, 0.15) is 6.92 Å². The lowest BCUT2D eigenvalue weighted by Gasteiger charge is -2.28. The van der Waals surface area contributed by atoms with Crippen molar-refractivity contribution in [1.82, 2.24) is 0 Å². The van der Waals surface area contributed by atoms with E-state index in [0.717, 1.165) is 15.8 Å². The third kappa shape index (κ3) is 3.15. The molecule has 0 aliphatic carbocycles. The van der Waals surface area contributed by atoms with Crippen LogP contribution in [0.25, 0.3) is 0 Å². The van der Waals surface area contributed by atoms with Gasteiger partial charge >= 0.3 is 5.97 Å². The Labute approximate surface area is 120 Å². The molecule has 0 aliphatic heterocycles. The van der Waals surface area contributed by atoms with E-state index < -0.39 is 12.0 Å². The minimum atomic E-state index is -0.855. The van der Waals surface area contributed by atoms with E-state index in [2.05, 4.69) is 15.9 Å². The molecule has 0 aliphatic rings. The van der Waals surface area contributed by atoms with E-state index in [1.165, 1.54) is 0 Å². The van der Waals surface area contributed by atoms with Gasteiger partial charge in [0.2, 0.25) is 0 Å². The molecule has 0 unspecified atom stereocenters. The Kier molecular flexibility index (Phi) is 4.22. The van der Waals surface area contributed by atoms with Gasteiger partial charge in [-0.2, -0.15) is 0 Å². The second-order valence-corrected chi connectivity index (χ2v) is 5.11. The zero-order valence-electron chi connectivity index (χ0n) is 10.5. The molecule has 4 heteroatoms. The monoisotopic (exact) mass is 319 g/mol. The number of benzene rings is 2. The SMILES string of the molecule is C[C@@H](C(=O)O)N(c1ccccc1)c1ccc(Br)cc1. The van der Waals surface area contributed by atoms with Crippen LogP contribution in [0.5, 0.6) is 0 Å². The molecule has 0 fully saturated rings. The van der Waals surface area contributed by atoms with Gasteiger partial charge in [-0.3, -0.25) is 0 Å². The van der Waals surface area contributed by atoms with Crippen molar-refractivity contribution in [2.45, 2.75) is 13.0 Å². The Hall–Kier alpha value is -1.81. The van der Waals surface area contributed by atoms with Crippen LogP contribution in [0.3, 0.4) is 0 Å². The van der Waals surface area contributed by atoms with Gasteiger partial charge in [-0.25, -0.2) is 4.79 Å². The van der Waals surface area contributed by atoms with Crippen molar-refractivity contribution in [3.8, 4) is 0 Å². The number of rotatable bonds is 4. The van der Waals surface area contributed by atoms with Gasteiger partial charge in [0, 0.05) is 15.8 Å². The van der Waals surface area contributed by atoms with Crippen LogP contribution in [0.15, 0.2) is 59.1 Å². The molecule has 0 saturated carbocycles. The van der Waals surface area contributed by atoms with Gasteiger partial charge in [0.05, 0.1) is 0 Å². The van der Waals surface area contributed by atoms with Crippen molar-refractivity contribution in [2.24, 2.45) is 0 Å². The van der Waals surface area contributed by atoms with Crippen LogP contribution < -0.4 is 4.90 Å². The highest BCUT2D eigenvalue weighted by Gasteiger charge is 2.22. The summed E-state index contributed by atoms with van der Waals surface area (Å²) in [4.78, 5) is 13.1. The summed E-state index contributed by atoms with van der Waals surface area (Å²) in [5, 5.41) is 9.28. The van der Waals surface area contributed by atoms with Crippen molar-refractivity contribution in [3.63, 3.8) is 0 Å². The molecular formula is C15H14BrNO2. The van der Waals surface area contributed by atoms with E-state index in [-0.39, 0.29) is 0 Å². The van der Waals surface area contributed by atoms with Gasteiger partial charge in [-0.1, -0.05) is 34.1 Å². The average molecular weight is 320 g/mol. The second-order valence-electron chi connectivity index (χ2n) is 4.20. The van der Waals surface area contributed by atoms with E-state index >= 15 is 0 Å². The minimum absolute atomic E-state index is 0.636. The molecule has 0 spiro atoms. The van der Waals surface area contributed by atoms with E-state index in [1.807, 2.05) is 54.6 Å². The fourth-order valence-electron chi connectivity index (χ4n) is 1.90. The zero-order valence-corrected chi connectivity index (χ0v) is 12.0. The molecular weight excluding hydrogens is 306 g/mol. The van der Waals surface area contributed by atoms with Crippen LogP contribution in [-0.2, 0) is 4.79 Å². The normalized spacial score (nSPS) is 11.9. The number of halogens is 1. The van der Waals surface area contributed by atoms with Gasteiger partial charge in [0.25, 0.3) is 0 Å². The lowest BCUT2D eigenvalue weighted by atomic mass is 10.1. The number of nitrogens with zero attached hydrogens (tertiary/aromatic N) is 1. The van der Waals surface area contributed by atoms with Crippen LogP contribution in [0.2, 0.25) is 0 Å². The van der Waals surface area contributed by atoms with Crippen LogP contribution in [-0.4, -0.2) is 17.1 Å². The molecule has 0 saturated heterocycles. The summed E-state index contributed by atoms with van der Waals surface area (Å²) in [7, 11) is 0. The first kappa shape index (κ1) is 13.6. The minimum Gasteiger partial charge on any atom is -0.480 e. The van der Waals surface area contributed by atoms with E-state index in [0.29, 0.717) is 0 Å². The Morgan fingerprint density at radius 1 is 1.05 bits per heavy atom. The number of anilines is 2. The first-order valence-corrected chi connectivity index (χ1v) is 6.71. The van der Waals surface area contributed by atoms with Crippen molar-refractivity contribution in [1.29, 1.82) is 0 Å². The van der Waals surface area contributed by atoms with Gasteiger partial charge in [-0.05, 0) is 43.3 Å². The molecule has 0 bridgehead atoms. The standard InChI is InChI=1S/C15H14BrNO2/c1-11(15(18)19)17(13-5-3-2-4-6-13)14-9-7-12(16)8-10-14/h2-11H,1H3,(H,18,19)/t11-/m0/s1. The molecule has 0 aromatic heterocycles. The van der Waals surface area contributed by atoms with Crippen molar-refractivity contribution < 1.29 is 9.90 Å². The summed E-state index contributed by atoms with van der Waals surface area (Å²) in [6.45, 7) is 1.68. The Balaban J connectivity index is 2.45. The summed E-state index contributed by atoms with van der Waals surface area (Å²) < 4.78 is 0.965. The number of hydrogen-bond acceptors (Lipinski definition) is 2. The molecule has 2 aromatic carbocycles. The maximum atomic E-state index is 11.3. The van der Waals surface area contributed by atoms with Gasteiger partial charge in [-0.15, -0.1) is 0 Å². The first-order chi connectivity index (χ1) is 9.09. The molecule has 2 rings (SSSR count). The number of carbonyl (C=O) groups is 1. The van der Waals surface area contributed by atoms with E-state index in [9.17, 15) is 9.90 Å². The average Bonchev–Trinajstić information content (AvgIpc) is 2.42. The second kappa shape index (κ2) is 5.89. The van der Waals surface area contributed by atoms with Crippen molar-refractivity contribution >= 4 is 33.3 Å². The van der Waals surface area contributed by atoms with Crippen LogP contribution >= 0.6 is 15.9 Å². The third-order valence-electron chi connectivity index (χ3n) is 2.88. The summed E-state index contributed by atoms with van der Waals surface area (Å²) in [6, 6.07) is 16.5. The van der Waals surface area contributed by atoms with Crippen LogP contribution in [0, 0.1) is 0 Å². The van der Waals surface area contributed by atoms with Gasteiger partial charge in [0.1, 0.15) is 6.04 Å². The predicted octanol–water partition coefficient (Wildman–Crippen LogP) is 4.06. The van der Waals surface area contributed by atoms with E-state index in [1.54, 1.807) is 11.8 Å².